The first-order chi connectivity index (χ1) is 11.4. The molecule has 0 bridgehead atoms. The zero-order valence-corrected chi connectivity index (χ0v) is 14.6. The van der Waals surface area contributed by atoms with E-state index in [2.05, 4.69) is 10.3 Å². The van der Waals surface area contributed by atoms with E-state index in [1.807, 2.05) is 6.07 Å². The second-order valence-corrected chi connectivity index (χ2v) is 8.96. The van der Waals surface area contributed by atoms with Gasteiger partial charge in [0.1, 0.15) is 5.84 Å². The number of aliphatic carboxylic acids is 1. The number of carbonyl (C=O) groups excluding carboxylic acids is 1. The van der Waals surface area contributed by atoms with Crippen LogP contribution >= 0.6 is 23.5 Å². The molecule has 0 aromatic rings. The first-order valence-corrected chi connectivity index (χ1v) is 9.50. The molecule has 6 atom stereocenters. The zero-order valence-electron chi connectivity index (χ0n) is 13.0. The smallest absolute Gasteiger partial charge is 0.328 e. The topological polar surface area (TPSA) is 126 Å². The molecule has 3 N–H and O–H groups in total. The maximum absolute atomic E-state index is 12.2. The molecule has 4 unspecified atom stereocenters. The molecule has 3 rings (SSSR count). The third-order valence-electron chi connectivity index (χ3n) is 4.32. The highest BCUT2D eigenvalue weighted by atomic mass is 32.2. The van der Waals surface area contributed by atoms with Crippen LogP contribution in [0.3, 0.4) is 0 Å². The Morgan fingerprint density at radius 2 is 2.42 bits per heavy atom. The van der Waals surface area contributed by atoms with Crippen molar-refractivity contribution in [1.82, 2.24) is 10.2 Å². The number of β-lactam (4-membered cyclic amide) rings is 1. The Kier molecular flexibility index (Phi) is 4.94. The normalized spacial score (nSPS) is 36.0. The van der Waals surface area contributed by atoms with Crippen molar-refractivity contribution in [2.45, 2.75) is 40.7 Å². The Morgan fingerprint density at radius 1 is 1.67 bits per heavy atom. The molecule has 0 aliphatic carbocycles. The van der Waals surface area contributed by atoms with Crippen LogP contribution in [0.25, 0.3) is 0 Å². The summed E-state index contributed by atoms with van der Waals surface area (Å²) in [6, 6.07) is 1.16. The summed E-state index contributed by atoms with van der Waals surface area (Å²) in [5, 5.41) is 30.8. The van der Waals surface area contributed by atoms with E-state index in [9.17, 15) is 19.8 Å². The van der Waals surface area contributed by atoms with Gasteiger partial charge in [-0.3, -0.25) is 9.79 Å². The van der Waals surface area contributed by atoms with Crippen LogP contribution in [0.2, 0.25) is 0 Å². The number of nitrogens with one attached hydrogen (secondary N) is 1. The summed E-state index contributed by atoms with van der Waals surface area (Å²) in [6.45, 7) is 2.71. The standard InChI is InChI=1S/C14H18N4O4S2/c1-6(19)9-11(20)18-10(13(21)22)14(24-12(9)18)23-7-4-16-8(2-3-15)17-5-7/h6-7,9-10,12,14,19H,2,4-5H2,1H3,(H,16,17)(H,21,22)/t6-,9+,10?,12?,14?/m1/s1. The van der Waals surface area contributed by atoms with Crippen LogP contribution in [-0.4, -0.2) is 73.3 Å². The molecule has 3 aliphatic heterocycles. The first kappa shape index (κ1) is 17.4. The molecular formula is C14H18N4O4S2. The summed E-state index contributed by atoms with van der Waals surface area (Å²) < 4.78 is -0.292. The number of nitrogens with zero attached hydrogens (tertiary/aromatic N) is 3. The van der Waals surface area contributed by atoms with Crippen molar-refractivity contribution in [2.24, 2.45) is 10.9 Å². The van der Waals surface area contributed by atoms with Gasteiger partial charge in [-0.05, 0) is 6.92 Å². The second kappa shape index (κ2) is 6.82. The molecule has 2 saturated heterocycles. The number of carbonyl (C=O) groups is 2. The summed E-state index contributed by atoms with van der Waals surface area (Å²) in [7, 11) is 0. The fourth-order valence-electron chi connectivity index (χ4n) is 3.12. The second-order valence-electron chi connectivity index (χ2n) is 5.95. The molecule has 10 heteroatoms. The number of aliphatic hydroxyl groups is 1. The predicted molar refractivity (Wildman–Crippen MR) is 90.5 cm³/mol. The van der Waals surface area contributed by atoms with E-state index in [1.54, 1.807) is 6.92 Å². The van der Waals surface area contributed by atoms with Crippen molar-refractivity contribution in [2.75, 3.05) is 13.1 Å². The third kappa shape index (κ3) is 2.96. The average Bonchev–Trinajstić information content (AvgIpc) is 2.83. The van der Waals surface area contributed by atoms with Gasteiger partial charge < -0.3 is 20.4 Å². The van der Waals surface area contributed by atoms with Crippen molar-refractivity contribution >= 4 is 41.2 Å². The number of aliphatic imine (C=N–C) groups is 1. The number of amides is 1. The number of amidine groups is 1. The van der Waals surface area contributed by atoms with Gasteiger partial charge in [0.15, 0.2) is 6.04 Å². The lowest BCUT2D eigenvalue weighted by atomic mass is 9.91. The van der Waals surface area contributed by atoms with Crippen molar-refractivity contribution < 1.29 is 19.8 Å². The Hall–Kier alpha value is -1.44. The van der Waals surface area contributed by atoms with Crippen molar-refractivity contribution in [3.8, 4) is 6.07 Å². The quantitative estimate of drug-likeness (QED) is 0.563. The van der Waals surface area contributed by atoms with E-state index in [0.29, 0.717) is 18.9 Å². The van der Waals surface area contributed by atoms with Gasteiger partial charge in [-0.1, -0.05) is 0 Å². The van der Waals surface area contributed by atoms with E-state index in [4.69, 9.17) is 5.26 Å². The number of thioether (sulfide) groups is 2. The SMILES string of the molecule is C[C@@H](O)[C@H]1C(=O)N2C(C(=O)O)C(SC3CN=C(CC#N)NC3)SC12. The van der Waals surface area contributed by atoms with Crippen molar-refractivity contribution in [1.29, 1.82) is 5.26 Å². The van der Waals surface area contributed by atoms with E-state index < -0.39 is 24.0 Å². The molecule has 1 amide bonds. The molecule has 24 heavy (non-hydrogen) atoms. The minimum absolute atomic E-state index is 0.0885. The average molecular weight is 370 g/mol. The number of aliphatic hydroxyl groups excluding tert-OH is 1. The Balaban J connectivity index is 1.67. The molecule has 0 saturated carbocycles. The van der Waals surface area contributed by atoms with Gasteiger partial charge in [0.25, 0.3) is 0 Å². The number of nitriles is 1. The molecule has 8 nitrogen and oxygen atoms in total. The monoisotopic (exact) mass is 370 g/mol. The van der Waals surface area contributed by atoms with Gasteiger partial charge >= 0.3 is 5.97 Å². The van der Waals surface area contributed by atoms with E-state index in [0.717, 1.165) is 0 Å². The number of fused-ring (bicyclic) bond motifs is 1. The van der Waals surface area contributed by atoms with Crippen LogP contribution in [0.15, 0.2) is 4.99 Å². The summed E-state index contributed by atoms with van der Waals surface area (Å²) in [5.41, 5.74) is 0. The molecule has 0 aromatic heterocycles. The molecule has 130 valence electrons. The molecule has 3 heterocycles. The van der Waals surface area contributed by atoms with Crippen LogP contribution < -0.4 is 5.32 Å². The summed E-state index contributed by atoms with van der Waals surface area (Å²) in [5.74, 6) is -1.16. The maximum Gasteiger partial charge on any atom is 0.328 e. The minimum atomic E-state index is -1.02. The molecule has 0 spiro atoms. The number of carboxylic acid groups (broad SMARTS) is 1. The van der Waals surface area contributed by atoms with Crippen LogP contribution in [0.1, 0.15) is 13.3 Å². The highest BCUT2D eigenvalue weighted by Crippen LogP contribution is 2.52. The van der Waals surface area contributed by atoms with Gasteiger partial charge in [-0.15, -0.1) is 23.5 Å². The third-order valence-corrected chi connectivity index (χ3v) is 7.54. The lowest BCUT2D eigenvalue weighted by Crippen LogP contribution is -2.64. The van der Waals surface area contributed by atoms with Crippen LogP contribution in [0, 0.1) is 17.2 Å². The number of hydrogen-bond donors (Lipinski definition) is 3. The highest BCUT2D eigenvalue weighted by Gasteiger charge is 2.62. The van der Waals surface area contributed by atoms with Crippen molar-refractivity contribution in [3.63, 3.8) is 0 Å². The van der Waals surface area contributed by atoms with Crippen molar-refractivity contribution in [3.05, 3.63) is 0 Å². The molecule has 0 aromatic carbocycles. The lowest BCUT2D eigenvalue weighted by Gasteiger charge is -2.44. The molecule has 0 radical (unpaired) electrons. The van der Waals surface area contributed by atoms with Crippen LogP contribution in [0.5, 0.6) is 0 Å². The lowest BCUT2D eigenvalue weighted by molar-refractivity contribution is -0.166. The Labute approximate surface area is 147 Å². The number of rotatable bonds is 5. The van der Waals surface area contributed by atoms with Gasteiger partial charge in [0, 0.05) is 11.8 Å². The highest BCUT2D eigenvalue weighted by molar-refractivity contribution is 8.18. The van der Waals surface area contributed by atoms with E-state index in [1.165, 1.54) is 28.4 Å². The van der Waals surface area contributed by atoms with E-state index in [-0.39, 0.29) is 27.5 Å². The Bertz CT molecular complexity index is 620. The summed E-state index contributed by atoms with van der Waals surface area (Å²) in [6.07, 6.45) is -0.535. The predicted octanol–water partition coefficient (Wildman–Crippen LogP) is -0.305. The summed E-state index contributed by atoms with van der Waals surface area (Å²) >= 11 is 2.94. The fourth-order valence-corrected chi connectivity index (χ4v) is 6.86. The van der Waals surface area contributed by atoms with Crippen LogP contribution in [-0.2, 0) is 9.59 Å². The Morgan fingerprint density at radius 3 is 2.96 bits per heavy atom. The van der Waals surface area contributed by atoms with E-state index >= 15 is 0 Å². The van der Waals surface area contributed by atoms with Gasteiger partial charge in [0.2, 0.25) is 5.91 Å². The maximum atomic E-state index is 12.2. The van der Waals surface area contributed by atoms with Crippen LogP contribution in [0.4, 0.5) is 0 Å². The molecular weight excluding hydrogens is 352 g/mol. The first-order valence-electron chi connectivity index (χ1n) is 7.62. The van der Waals surface area contributed by atoms with Gasteiger partial charge in [0.05, 0.1) is 41.0 Å². The minimum Gasteiger partial charge on any atom is -0.480 e. The number of hydrogen-bond acceptors (Lipinski definition) is 8. The van der Waals surface area contributed by atoms with Gasteiger partial charge in [-0.25, -0.2) is 4.79 Å². The fraction of sp³-hybridized carbons (Fsp3) is 0.714. The summed E-state index contributed by atoms with van der Waals surface area (Å²) in [4.78, 5) is 29.5. The largest absolute Gasteiger partial charge is 0.480 e. The van der Waals surface area contributed by atoms with Gasteiger partial charge in [-0.2, -0.15) is 5.26 Å². The zero-order chi connectivity index (χ0) is 17.4. The molecule has 2 fully saturated rings. The number of carboxylic acids is 1. The molecule has 3 aliphatic rings.